The lowest BCUT2D eigenvalue weighted by molar-refractivity contribution is -0.121. The van der Waals surface area contributed by atoms with E-state index in [2.05, 4.69) is 5.32 Å². The molecule has 6 nitrogen and oxygen atoms in total. The third kappa shape index (κ3) is 4.52. The molecule has 1 aromatic heterocycles. The van der Waals surface area contributed by atoms with Gasteiger partial charge in [-0.25, -0.2) is 8.42 Å². The second-order valence-electron chi connectivity index (χ2n) is 5.61. The normalized spacial score (nSPS) is 16.9. The van der Waals surface area contributed by atoms with Crippen LogP contribution in [0.25, 0.3) is 0 Å². The lowest BCUT2D eigenvalue weighted by Crippen LogP contribution is -2.40. The van der Waals surface area contributed by atoms with Gasteiger partial charge in [0.1, 0.15) is 4.21 Å². The van der Waals surface area contributed by atoms with Crippen molar-refractivity contribution in [3.63, 3.8) is 0 Å². The molecular formula is C14H22N2O4S2. The Morgan fingerprint density at radius 2 is 2.05 bits per heavy atom. The molecule has 2 heterocycles. The number of hydrogen-bond acceptors (Lipinski definition) is 5. The molecule has 0 unspecified atom stereocenters. The van der Waals surface area contributed by atoms with Crippen LogP contribution in [0.1, 0.15) is 25.1 Å². The highest BCUT2D eigenvalue weighted by Gasteiger charge is 2.27. The van der Waals surface area contributed by atoms with Crippen LogP contribution in [0.3, 0.4) is 0 Å². The summed E-state index contributed by atoms with van der Waals surface area (Å²) in [6.07, 6.45) is 0.476. The number of nitrogens with zero attached hydrogens (tertiary/aromatic N) is 1. The summed E-state index contributed by atoms with van der Waals surface area (Å²) in [6.45, 7) is 5.98. The molecule has 8 heteroatoms. The van der Waals surface area contributed by atoms with E-state index >= 15 is 0 Å². The highest BCUT2D eigenvalue weighted by atomic mass is 32.2. The first kappa shape index (κ1) is 17.4. The van der Waals surface area contributed by atoms with E-state index in [9.17, 15) is 13.2 Å². The van der Waals surface area contributed by atoms with Gasteiger partial charge < -0.3 is 10.1 Å². The second kappa shape index (κ2) is 7.54. The number of carbonyl (C=O) groups is 1. The van der Waals surface area contributed by atoms with E-state index in [1.165, 1.54) is 15.6 Å². The van der Waals surface area contributed by atoms with Gasteiger partial charge in [0.2, 0.25) is 5.91 Å². The zero-order chi connectivity index (χ0) is 16.2. The summed E-state index contributed by atoms with van der Waals surface area (Å²) in [7, 11) is -3.44. The topological polar surface area (TPSA) is 75.7 Å². The lowest BCUT2D eigenvalue weighted by atomic mass is 10.1. The maximum absolute atomic E-state index is 12.5. The van der Waals surface area contributed by atoms with Crippen LogP contribution < -0.4 is 5.32 Å². The van der Waals surface area contributed by atoms with Gasteiger partial charge in [-0.3, -0.25) is 4.79 Å². The summed E-state index contributed by atoms with van der Waals surface area (Å²) in [4.78, 5) is 12.5. The van der Waals surface area contributed by atoms with E-state index in [1.54, 1.807) is 12.1 Å². The van der Waals surface area contributed by atoms with Crippen molar-refractivity contribution in [1.29, 1.82) is 0 Å². The molecule has 0 radical (unpaired) electrons. The van der Waals surface area contributed by atoms with Crippen molar-refractivity contribution in [2.24, 2.45) is 5.92 Å². The first-order chi connectivity index (χ1) is 10.4. The molecule has 1 aromatic rings. The number of morpholine rings is 1. The number of hydrogen-bond donors (Lipinski definition) is 1. The smallest absolute Gasteiger partial charge is 0.252 e. The molecule has 1 aliphatic rings. The van der Waals surface area contributed by atoms with Crippen LogP contribution in [0.5, 0.6) is 0 Å². The third-order valence-corrected chi connectivity index (χ3v) is 6.71. The van der Waals surface area contributed by atoms with Crippen molar-refractivity contribution in [2.75, 3.05) is 26.3 Å². The Bertz CT molecular complexity index is 604. The fraction of sp³-hybridized carbons (Fsp3) is 0.643. The molecule has 0 aromatic carbocycles. The molecule has 0 bridgehead atoms. The highest BCUT2D eigenvalue weighted by molar-refractivity contribution is 7.91. The quantitative estimate of drug-likeness (QED) is 0.845. The molecule has 0 aliphatic carbocycles. The van der Waals surface area contributed by atoms with E-state index in [0.29, 0.717) is 49.4 Å². The standard InChI is InChI=1S/C14H22N2O4S2/c1-11(2)9-13(17)15-10-12-3-4-14(21-12)22(18,19)16-5-7-20-8-6-16/h3-4,11H,5-10H2,1-2H3,(H,15,17). The summed E-state index contributed by atoms with van der Waals surface area (Å²) in [6, 6.07) is 3.37. The monoisotopic (exact) mass is 346 g/mol. The largest absolute Gasteiger partial charge is 0.379 e. The number of thiophene rings is 1. The van der Waals surface area contributed by atoms with Gasteiger partial charge in [-0.05, 0) is 18.1 Å². The first-order valence-corrected chi connectivity index (χ1v) is 9.58. The minimum absolute atomic E-state index is 0.0130. The second-order valence-corrected chi connectivity index (χ2v) is 8.95. The van der Waals surface area contributed by atoms with Crippen molar-refractivity contribution >= 4 is 27.3 Å². The molecule has 1 saturated heterocycles. The predicted molar refractivity (Wildman–Crippen MR) is 85.2 cm³/mol. The van der Waals surface area contributed by atoms with Gasteiger partial charge in [-0.15, -0.1) is 11.3 Å². The van der Waals surface area contributed by atoms with Crippen LogP contribution in [0.15, 0.2) is 16.3 Å². The Hall–Kier alpha value is -0.960. The number of sulfonamides is 1. The van der Waals surface area contributed by atoms with Gasteiger partial charge in [0.25, 0.3) is 10.0 Å². The average Bonchev–Trinajstić information content (AvgIpc) is 2.95. The van der Waals surface area contributed by atoms with Crippen LogP contribution in [-0.2, 0) is 26.1 Å². The average molecular weight is 346 g/mol. The number of carbonyl (C=O) groups excluding carboxylic acids is 1. The van der Waals surface area contributed by atoms with Crippen molar-refractivity contribution < 1.29 is 17.9 Å². The summed E-state index contributed by atoms with van der Waals surface area (Å²) < 4.78 is 31.9. The Morgan fingerprint density at radius 3 is 2.68 bits per heavy atom. The van der Waals surface area contributed by atoms with Crippen LogP contribution in [-0.4, -0.2) is 44.9 Å². The Morgan fingerprint density at radius 1 is 1.36 bits per heavy atom. The van der Waals surface area contributed by atoms with E-state index in [0.717, 1.165) is 4.88 Å². The fourth-order valence-corrected chi connectivity index (χ4v) is 4.99. The van der Waals surface area contributed by atoms with Crippen LogP contribution in [0.4, 0.5) is 0 Å². The Kier molecular flexibility index (Phi) is 5.96. The van der Waals surface area contributed by atoms with Crippen molar-refractivity contribution in [2.45, 2.75) is 31.0 Å². The summed E-state index contributed by atoms with van der Waals surface area (Å²) in [5.74, 6) is 0.293. The Labute approximate surface area is 135 Å². The molecule has 1 amide bonds. The SMILES string of the molecule is CC(C)CC(=O)NCc1ccc(S(=O)(=O)N2CCOCC2)s1. The zero-order valence-electron chi connectivity index (χ0n) is 12.9. The minimum atomic E-state index is -3.44. The van der Waals surface area contributed by atoms with Gasteiger partial charge in [-0.1, -0.05) is 13.8 Å². The molecule has 2 rings (SSSR count). The van der Waals surface area contributed by atoms with Gasteiger partial charge >= 0.3 is 0 Å². The summed E-state index contributed by atoms with van der Waals surface area (Å²) >= 11 is 1.21. The third-order valence-electron chi connectivity index (χ3n) is 3.25. The van der Waals surface area contributed by atoms with Gasteiger partial charge in [0.15, 0.2) is 0 Å². The molecule has 1 N–H and O–H groups in total. The zero-order valence-corrected chi connectivity index (χ0v) is 14.5. The maximum Gasteiger partial charge on any atom is 0.252 e. The van der Waals surface area contributed by atoms with Crippen LogP contribution >= 0.6 is 11.3 Å². The maximum atomic E-state index is 12.5. The molecule has 0 atom stereocenters. The molecule has 1 fully saturated rings. The molecule has 0 saturated carbocycles. The first-order valence-electron chi connectivity index (χ1n) is 7.33. The number of rotatable bonds is 6. The molecule has 124 valence electrons. The predicted octanol–water partition coefficient (Wildman–Crippen LogP) is 1.43. The number of ether oxygens (including phenoxy) is 1. The van der Waals surface area contributed by atoms with E-state index in [4.69, 9.17) is 4.74 Å². The molecule has 22 heavy (non-hydrogen) atoms. The summed E-state index contributed by atoms with van der Waals surface area (Å²) in [5, 5.41) is 2.82. The van der Waals surface area contributed by atoms with Gasteiger partial charge in [-0.2, -0.15) is 4.31 Å². The molecular weight excluding hydrogens is 324 g/mol. The fourth-order valence-electron chi connectivity index (χ4n) is 2.13. The number of nitrogens with one attached hydrogen (secondary N) is 1. The minimum Gasteiger partial charge on any atom is -0.379 e. The van der Waals surface area contributed by atoms with E-state index in [-0.39, 0.29) is 5.91 Å². The molecule has 0 spiro atoms. The van der Waals surface area contributed by atoms with E-state index < -0.39 is 10.0 Å². The van der Waals surface area contributed by atoms with Gasteiger partial charge in [0.05, 0.1) is 19.8 Å². The van der Waals surface area contributed by atoms with E-state index in [1.807, 2.05) is 13.8 Å². The lowest BCUT2D eigenvalue weighted by Gasteiger charge is -2.25. The summed E-state index contributed by atoms with van der Waals surface area (Å²) in [5.41, 5.74) is 0. The van der Waals surface area contributed by atoms with Crippen LogP contribution in [0.2, 0.25) is 0 Å². The molecule has 1 aliphatic heterocycles. The van der Waals surface area contributed by atoms with Crippen molar-refractivity contribution in [1.82, 2.24) is 9.62 Å². The van der Waals surface area contributed by atoms with Crippen molar-refractivity contribution in [3.8, 4) is 0 Å². The van der Waals surface area contributed by atoms with Crippen LogP contribution in [0, 0.1) is 5.92 Å². The Balaban J connectivity index is 1.97. The van der Waals surface area contributed by atoms with Crippen molar-refractivity contribution in [3.05, 3.63) is 17.0 Å². The highest BCUT2D eigenvalue weighted by Crippen LogP contribution is 2.25. The number of amides is 1. The van der Waals surface area contributed by atoms with Gasteiger partial charge in [0, 0.05) is 24.4 Å².